The highest BCUT2D eigenvalue weighted by atomic mass is 79.9. The Labute approximate surface area is 129 Å². The van der Waals surface area contributed by atoms with Gasteiger partial charge in [-0.05, 0) is 62.2 Å². The molecule has 1 unspecified atom stereocenters. The minimum Gasteiger partial charge on any atom is -0.377 e. The first-order valence-corrected chi connectivity index (χ1v) is 7.80. The van der Waals surface area contributed by atoms with Gasteiger partial charge >= 0.3 is 0 Å². The quantitative estimate of drug-likeness (QED) is 0.872. The molecule has 2 aromatic rings. The molecule has 20 heavy (non-hydrogen) atoms. The van der Waals surface area contributed by atoms with Gasteiger partial charge < -0.3 is 5.32 Å². The maximum atomic E-state index is 4.60. The lowest BCUT2D eigenvalue weighted by molar-refractivity contribution is 0.632. The molecule has 0 radical (unpaired) electrons. The number of hydrogen-bond donors (Lipinski definition) is 1. The summed E-state index contributed by atoms with van der Waals surface area (Å²) in [6.45, 7) is 11.5. The summed E-state index contributed by atoms with van der Waals surface area (Å²) in [5.41, 5.74) is 6.00. The SMILES string of the molecule is CCn1nc(C)c(C(C)Nc2cccc(C)c2Br)c1C. The van der Waals surface area contributed by atoms with Gasteiger partial charge in [-0.3, -0.25) is 4.68 Å². The Bertz CT molecular complexity index is 616. The van der Waals surface area contributed by atoms with Gasteiger partial charge in [-0.15, -0.1) is 0 Å². The molecule has 1 heterocycles. The number of halogens is 1. The largest absolute Gasteiger partial charge is 0.377 e. The van der Waals surface area contributed by atoms with E-state index in [-0.39, 0.29) is 6.04 Å². The summed E-state index contributed by atoms with van der Waals surface area (Å²) in [6.07, 6.45) is 0. The molecule has 0 saturated heterocycles. The van der Waals surface area contributed by atoms with E-state index in [9.17, 15) is 0 Å². The van der Waals surface area contributed by atoms with Crippen molar-refractivity contribution in [2.24, 2.45) is 0 Å². The molecule has 0 aliphatic heterocycles. The van der Waals surface area contributed by atoms with Crippen molar-refractivity contribution < 1.29 is 0 Å². The van der Waals surface area contributed by atoms with Crippen LogP contribution in [-0.2, 0) is 6.54 Å². The molecule has 1 aromatic carbocycles. The van der Waals surface area contributed by atoms with E-state index in [1.807, 2.05) is 0 Å². The summed E-state index contributed by atoms with van der Waals surface area (Å²) in [4.78, 5) is 0. The molecule has 1 atom stereocenters. The molecule has 0 bridgehead atoms. The number of nitrogens with one attached hydrogen (secondary N) is 1. The fraction of sp³-hybridized carbons (Fsp3) is 0.438. The Morgan fingerprint density at radius 1 is 1.30 bits per heavy atom. The van der Waals surface area contributed by atoms with Gasteiger partial charge in [0.05, 0.1) is 11.7 Å². The van der Waals surface area contributed by atoms with Crippen molar-refractivity contribution in [1.29, 1.82) is 0 Å². The second kappa shape index (κ2) is 6.00. The Kier molecular flexibility index (Phi) is 4.53. The fourth-order valence-corrected chi connectivity index (χ4v) is 3.09. The molecular formula is C16H22BrN3. The average molecular weight is 336 g/mol. The van der Waals surface area contributed by atoms with Crippen LogP contribution < -0.4 is 5.32 Å². The van der Waals surface area contributed by atoms with Gasteiger partial charge in [0.2, 0.25) is 0 Å². The first-order chi connectivity index (χ1) is 9.45. The Balaban J connectivity index is 2.31. The lowest BCUT2D eigenvalue weighted by Crippen LogP contribution is -2.10. The zero-order valence-corrected chi connectivity index (χ0v) is 14.4. The molecule has 0 aliphatic rings. The van der Waals surface area contributed by atoms with Crippen LogP contribution in [-0.4, -0.2) is 9.78 Å². The van der Waals surface area contributed by atoms with E-state index < -0.39 is 0 Å². The highest BCUT2D eigenvalue weighted by Gasteiger charge is 2.17. The average Bonchev–Trinajstić information content (AvgIpc) is 2.69. The van der Waals surface area contributed by atoms with E-state index >= 15 is 0 Å². The van der Waals surface area contributed by atoms with Crippen molar-refractivity contribution in [2.75, 3.05) is 5.32 Å². The number of hydrogen-bond acceptors (Lipinski definition) is 2. The normalized spacial score (nSPS) is 12.5. The van der Waals surface area contributed by atoms with Crippen LogP contribution in [0.1, 0.15) is 42.4 Å². The number of aromatic nitrogens is 2. The van der Waals surface area contributed by atoms with Gasteiger partial charge in [-0.2, -0.15) is 5.10 Å². The molecule has 1 N–H and O–H groups in total. The number of nitrogens with zero attached hydrogens (tertiary/aromatic N) is 2. The van der Waals surface area contributed by atoms with E-state index in [2.05, 4.69) is 83.8 Å². The fourth-order valence-electron chi connectivity index (χ4n) is 2.71. The molecule has 0 amide bonds. The van der Waals surface area contributed by atoms with Crippen LogP contribution in [0, 0.1) is 20.8 Å². The van der Waals surface area contributed by atoms with Crippen molar-refractivity contribution in [3.8, 4) is 0 Å². The van der Waals surface area contributed by atoms with Crippen LogP contribution in [0.25, 0.3) is 0 Å². The van der Waals surface area contributed by atoms with E-state index in [0.717, 1.165) is 22.4 Å². The number of rotatable bonds is 4. The minimum atomic E-state index is 0.230. The summed E-state index contributed by atoms with van der Waals surface area (Å²) in [7, 11) is 0. The van der Waals surface area contributed by atoms with Crippen LogP contribution in [0.4, 0.5) is 5.69 Å². The van der Waals surface area contributed by atoms with Crippen molar-refractivity contribution in [3.63, 3.8) is 0 Å². The monoisotopic (exact) mass is 335 g/mol. The molecule has 0 saturated carbocycles. The van der Waals surface area contributed by atoms with E-state index in [1.54, 1.807) is 0 Å². The van der Waals surface area contributed by atoms with Crippen LogP contribution in [0.5, 0.6) is 0 Å². The van der Waals surface area contributed by atoms with Gasteiger partial charge in [0, 0.05) is 28.0 Å². The predicted molar refractivity (Wildman–Crippen MR) is 88.3 cm³/mol. The second-order valence-electron chi connectivity index (χ2n) is 5.20. The summed E-state index contributed by atoms with van der Waals surface area (Å²) in [5, 5.41) is 8.18. The van der Waals surface area contributed by atoms with Crippen molar-refractivity contribution in [1.82, 2.24) is 9.78 Å². The molecule has 108 valence electrons. The van der Waals surface area contributed by atoms with Gasteiger partial charge in [0.1, 0.15) is 0 Å². The molecule has 4 heteroatoms. The van der Waals surface area contributed by atoms with Crippen LogP contribution >= 0.6 is 15.9 Å². The third-order valence-electron chi connectivity index (χ3n) is 3.73. The van der Waals surface area contributed by atoms with E-state index in [4.69, 9.17) is 0 Å². The number of aryl methyl sites for hydroxylation is 3. The van der Waals surface area contributed by atoms with Crippen molar-refractivity contribution in [3.05, 3.63) is 45.2 Å². The smallest absolute Gasteiger partial charge is 0.0649 e. The first kappa shape index (κ1) is 15.1. The van der Waals surface area contributed by atoms with Gasteiger partial charge in [-0.25, -0.2) is 0 Å². The van der Waals surface area contributed by atoms with E-state index in [0.29, 0.717) is 0 Å². The minimum absolute atomic E-state index is 0.230. The van der Waals surface area contributed by atoms with Gasteiger partial charge in [0.15, 0.2) is 0 Å². The lowest BCUT2D eigenvalue weighted by atomic mass is 10.1. The van der Waals surface area contributed by atoms with Crippen molar-refractivity contribution >= 4 is 21.6 Å². The standard InChI is InChI=1S/C16H22BrN3/c1-6-20-13(5)15(12(4)19-20)11(3)18-14-9-7-8-10(2)16(14)17/h7-9,11,18H,6H2,1-5H3. The van der Waals surface area contributed by atoms with Gasteiger partial charge in [-0.1, -0.05) is 12.1 Å². The third-order valence-corrected chi connectivity index (χ3v) is 4.79. The first-order valence-electron chi connectivity index (χ1n) is 7.01. The second-order valence-corrected chi connectivity index (χ2v) is 6.00. The topological polar surface area (TPSA) is 29.9 Å². The highest BCUT2D eigenvalue weighted by Crippen LogP contribution is 2.31. The number of benzene rings is 1. The van der Waals surface area contributed by atoms with E-state index in [1.165, 1.54) is 16.8 Å². The number of anilines is 1. The maximum Gasteiger partial charge on any atom is 0.0649 e. The Morgan fingerprint density at radius 2 is 2.00 bits per heavy atom. The molecule has 2 rings (SSSR count). The molecule has 1 aromatic heterocycles. The molecule has 0 fully saturated rings. The molecular weight excluding hydrogens is 314 g/mol. The highest BCUT2D eigenvalue weighted by molar-refractivity contribution is 9.10. The van der Waals surface area contributed by atoms with Crippen LogP contribution in [0.3, 0.4) is 0 Å². The molecule has 3 nitrogen and oxygen atoms in total. The molecule has 0 spiro atoms. The summed E-state index contributed by atoms with van der Waals surface area (Å²) >= 11 is 3.65. The van der Waals surface area contributed by atoms with Crippen LogP contribution in [0.2, 0.25) is 0 Å². The lowest BCUT2D eigenvalue weighted by Gasteiger charge is -2.18. The summed E-state index contributed by atoms with van der Waals surface area (Å²) in [6, 6.07) is 6.51. The predicted octanol–water partition coefficient (Wildman–Crippen LogP) is 4.76. The van der Waals surface area contributed by atoms with Gasteiger partial charge in [0.25, 0.3) is 0 Å². The Hall–Kier alpha value is -1.29. The summed E-state index contributed by atoms with van der Waals surface area (Å²) in [5.74, 6) is 0. The zero-order valence-electron chi connectivity index (χ0n) is 12.8. The van der Waals surface area contributed by atoms with Crippen molar-refractivity contribution in [2.45, 2.75) is 47.2 Å². The van der Waals surface area contributed by atoms with Crippen LogP contribution in [0.15, 0.2) is 22.7 Å². The zero-order chi connectivity index (χ0) is 14.9. The Morgan fingerprint density at radius 3 is 2.60 bits per heavy atom. The summed E-state index contributed by atoms with van der Waals surface area (Å²) < 4.78 is 3.19. The maximum absolute atomic E-state index is 4.60. The molecule has 0 aliphatic carbocycles. The third kappa shape index (κ3) is 2.75.